The molecule has 1 aliphatic heterocycles. The highest BCUT2D eigenvalue weighted by atomic mass is 35.5. The number of halogens is 2. The Balaban J connectivity index is 2.06. The molecule has 1 heterocycles. The van der Waals surface area contributed by atoms with E-state index in [0.717, 1.165) is 11.1 Å². The molecule has 0 radical (unpaired) electrons. The number of methoxy groups -OCH3 is 2. The Morgan fingerprint density at radius 2 is 1.60 bits per heavy atom. The van der Waals surface area contributed by atoms with Gasteiger partial charge in [0.2, 0.25) is 0 Å². The maximum Gasteiger partial charge on any atom is 0.300 e. The minimum Gasteiger partial charge on any atom is -0.507 e. The topological polar surface area (TPSA) is 76.1 Å². The van der Waals surface area contributed by atoms with Gasteiger partial charge in [-0.2, -0.15) is 0 Å². The molecular weight excluding hydrogens is 489 g/mol. The lowest BCUT2D eigenvalue weighted by Gasteiger charge is -2.27. The van der Waals surface area contributed by atoms with E-state index in [1.54, 1.807) is 24.3 Å². The van der Waals surface area contributed by atoms with Gasteiger partial charge in [0.15, 0.2) is 0 Å². The predicted molar refractivity (Wildman–Crippen MR) is 137 cm³/mol. The smallest absolute Gasteiger partial charge is 0.300 e. The third-order valence-electron chi connectivity index (χ3n) is 5.83. The summed E-state index contributed by atoms with van der Waals surface area (Å²) < 4.78 is 10.9. The first-order valence-electron chi connectivity index (χ1n) is 10.7. The summed E-state index contributed by atoms with van der Waals surface area (Å²) >= 11 is 12.5. The van der Waals surface area contributed by atoms with Crippen molar-refractivity contribution in [3.8, 4) is 11.5 Å². The van der Waals surface area contributed by atoms with Crippen molar-refractivity contribution in [2.24, 2.45) is 0 Å². The number of amides is 1. The molecule has 35 heavy (non-hydrogen) atoms. The molecule has 1 N–H and O–H groups in total. The van der Waals surface area contributed by atoms with Crippen molar-refractivity contribution in [3.05, 3.63) is 92.5 Å². The van der Waals surface area contributed by atoms with Crippen molar-refractivity contribution in [1.29, 1.82) is 0 Å². The normalized spacial score (nSPS) is 17.1. The van der Waals surface area contributed by atoms with Crippen LogP contribution in [-0.2, 0) is 9.59 Å². The van der Waals surface area contributed by atoms with Gasteiger partial charge in [0, 0.05) is 16.3 Å². The van der Waals surface area contributed by atoms with Crippen molar-refractivity contribution in [3.63, 3.8) is 0 Å². The number of nitrogens with zero attached hydrogens (tertiary/aromatic N) is 1. The number of ether oxygens (including phenoxy) is 2. The molecule has 0 saturated carbocycles. The van der Waals surface area contributed by atoms with E-state index >= 15 is 0 Å². The van der Waals surface area contributed by atoms with Gasteiger partial charge in [-0.3, -0.25) is 14.5 Å². The van der Waals surface area contributed by atoms with E-state index in [1.807, 2.05) is 32.0 Å². The molecule has 3 aromatic carbocycles. The third kappa shape index (κ3) is 4.35. The molecule has 4 rings (SSSR count). The Labute approximate surface area is 213 Å². The first kappa shape index (κ1) is 24.6. The fourth-order valence-corrected chi connectivity index (χ4v) is 5.03. The number of anilines is 1. The number of carbonyl (C=O) groups excluding carboxylic acids is 2. The molecule has 0 aliphatic carbocycles. The summed E-state index contributed by atoms with van der Waals surface area (Å²) in [5.41, 5.74) is 2.87. The molecule has 1 atom stereocenters. The van der Waals surface area contributed by atoms with Crippen molar-refractivity contribution in [1.82, 2.24) is 0 Å². The minimum atomic E-state index is -0.977. The van der Waals surface area contributed by atoms with Crippen LogP contribution in [0.3, 0.4) is 0 Å². The highest BCUT2D eigenvalue weighted by molar-refractivity contribution is 6.52. The molecular formula is C27H23Cl2NO5. The van der Waals surface area contributed by atoms with Crippen molar-refractivity contribution >= 4 is 46.3 Å². The van der Waals surface area contributed by atoms with Gasteiger partial charge in [-0.25, -0.2) is 0 Å². The number of aryl methyl sites for hydroxylation is 2. The fourth-order valence-electron chi connectivity index (χ4n) is 4.46. The Bertz CT molecular complexity index is 1360. The molecule has 0 spiro atoms. The molecule has 8 heteroatoms. The summed E-state index contributed by atoms with van der Waals surface area (Å²) in [4.78, 5) is 28.3. The summed E-state index contributed by atoms with van der Waals surface area (Å²) in [7, 11) is 2.89. The zero-order valence-corrected chi connectivity index (χ0v) is 21.1. The van der Waals surface area contributed by atoms with E-state index in [2.05, 4.69) is 0 Å². The number of aliphatic hydroxyl groups excluding tert-OH is 1. The lowest BCUT2D eigenvalue weighted by atomic mass is 9.94. The number of hydrogen-bond acceptors (Lipinski definition) is 5. The Hall–Kier alpha value is -3.48. The van der Waals surface area contributed by atoms with Crippen LogP contribution in [0.1, 0.15) is 28.3 Å². The van der Waals surface area contributed by atoms with Gasteiger partial charge in [-0.05, 0) is 55.3 Å². The summed E-state index contributed by atoms with van der Waals surface area (Å²) in [6.45, 7) is 3.81. The quantitative estimate of drug-likeness (QED) is 0.248. The maximum atomic E-state index is 13.5. The van der Waals surface area contributed by atoms with Gasteiger partial charge in [0.25, 0.3) is 11.7 Å². The molecule has 180 valence electrons. The van der Waals surface area contributed by atoms with Gasteiger partial charge in [0.1, 0.15) is 17.3 Å². The van der Waals surface area contributed by atoms with E-state index in [-0.39, 0.29) is 26.9 Å². The van der Waals surface area contributed by atoms with E-state index in [0.29, 0.717) is 17.0 Å². The molecule has 0 aromatic heterocycles. The summed E-state index contributed by atoms with van der Waals surface area (Å²) in [6.07, 6.45) is 0. The van der Waals surface area contributed by atoms with Gasteiger partial charge < -0.3 is 14.6 Å². The number of para-hydroxylation sites is 1. The van der Waals surface area contributed by atoms with E-state index < -0.39 is 23.5 Å². The van der Waals surface area contributed by atoms with E-state index in [4.69, 9.17) is 32.7 Å². The summed E-state index contributed by atoms with van der Waals surface area (Å²) in [5.74, 6) is -1.50. The Morgan fingerprint density at radius 3 is 2.23 bits per heavy atom. The van der Waals surface area contributed by atoms with E-state index in [1.165, 1.54) is 31.3 Å². The SMILES string of the molecule is COc1ccccc1C1/C(=C(\O)c2cc(Cl)cc(Cl)c2OC)C(=O)C(=O)N1c1cc(C)cc(C)c1. The van der Waals surface area contributed by atoms with Gasteiger partial charge in [0.05, 0.1) is 36.4 Å². The first-order valence-corrected chi connectivity index (χ1v) is 11.5. The number of benzene rings is 3. The lowest BCUT2D eigenvalue weighted by Crippen LogP contribution is -2.29. The molecule has 0 bridgehead atoms. The Morgan fingerprint density at radius 1 is 0.943 bits per heavy atom. The van der Waals surface area contributed by atoms with Gasteiger partial charge in [-0.1, -0.05) is 47.5 Å². The van der Waals surface area contributed by atoms with Crippen molar-refractivity contribution in [2.75, 3.05) is 19.1 Å². The fraction of sp³-hybridized carbons (Fsp3) is 0.185. The Kier molecular flexibility index (Phi) is 6.79. The van der Waals surface area contributed by atoms with Crippen LogP contribution in [-0.4, -0.2) is 31.0 Å². The van der Waals surface area contributed by atoms with Crippen molar-refractivity contribution < 1.29 is 24.2 Å². The second-order valence-corrected chi connectivity index (χ2v) is 9.07. The second-order valence-electron chi connectivity index (χ2n) is 8.23. The predicted octanol–water partition coefficient (Wildman–Crippen LogP) is 6.25. The molecule has 1 amide bonds. The molecule has 1 saturated heterocycles. The largest absolute Gasteiger partial charge is 0.507 e. The van der Waals surface area contributed by atoms with Crippen LogP contribution >= 0.6 is 23.2 Å². The van der Waals surface area contributed by atoms with Crippen LogP contribution in [0, 0.1) is 13.8 Å². The summed E-state index contributed by atoms with van der Waals surface area (Å²) in [5, 5.41) is 11.9. The van der Waals surface area contributed by atoms with Crippen LogP contribution in [0.4, 0.5) is 5.69 Å². The second kappa shape index (κ2) is 9.64. The molecule has 1 aliphatic rings. The lowest BCUT2D eigenvalue weighted by molar-refractivity contribution is -0.132. The monoisotopic (exact) mass is 511 g/mol. The number of carbonyl (C=O) groups is 2. The molecule has 1 fully saturated rings. The molecule has 6 nitrogen and oxygen atoms in total. The van der Waals surface area contributed by atoms with Crippen LogP contribution in [0.25, 0.3) is 5.76 Å². The molecule has 1 unspecified atom stereocenters. The van der Waals surface area contributed by atoms with E-state index in [9.17, 15) is 14.7 Å². The number of ketones is 1. The highest BCUT2D eigenvalue weighted by Crippen LogP contribution is 2.47. The van der Waals surface area contributed by atoms with Crippen LogP contribution in [0.5, 0.6) is 11.5 Å². The minimum absolute atomic E-state index is 0.100. The molecule has 3 aromatic rings. The maximum absolute atomic E-state index is 13.5. The first-order chi connectivity index (χ1) is 16.7. The average molecular weight is 512 g/mol. The van der Waals surface area contributed by atoms with Crippen LogP contribution in [0.15, 0.2) is 60.2 Å². The highest BCUT2D eigenvalue weighted by Gasteiger charge is 2.48. The van der Waals surface area contributed by atoms with Crippen molar-refractivity contribution in [2.45, 2.75) is 19.9 Å². The van der Waals surface area contributed by atoms with Gasteiger partial charge >= 0.3 is 0 Å². The van der Waals surface area contributed by atoms with Gasteiger partial charge in [-0.15, -0.1) is 0 Å². The van der Waals surface area contributed by atoms with Crippen LogP contribution < -0.4 is 14.4 Å². The zero-order valence-electron chi connectivity index (χ0n) is 19.6. The third-order valence-corrected chi connectivity index (χ3v) is 6.33. The summed E-state index contributed by atoms with van der Waals surface area (Å²) in [6, 6.07) is 14.6. The number of Topliss-reactive ketones (excluding diaryl/α,β-unsaturated/α-hetero) is 1. The average Bonchev–Trinajstić information content (AvgIpc) is 3.07. The number of rotatable bonds is 5. The van der Waals surface area contributed by atoms with Crippen LogP contribution in [0.2, 0.25) is 10.0 Å². The zero-order chi connectivity index (χ0) is 25.4. The standard InChI is InChI=1S/C27H23Cl2NO5/c1-14-9-15(2)11-17(10-14)30-23(18-7-5-6-8-21(18)34-3)22(25(32)27(30)33)24(31)19-12-16(28)13-20(29)26(19)35-4/h5-13,23,31H,1-4H3/b24-22+. The number of hydrogen-bond donors (Lipinski definition) is 1. The number of aliphatic hydroxyl groups is 1.